The number of hydrogen-bond donors (Lipinski definition) is 2. The van der Waals surface area contributed by atoms with Gasteiger partial charge in [0.25, 0.3) is 5.91 Å². The zero-order valence-electron chi connectivity index (χ0n) is 14.4. The molecule has 2 N–H and O–H groups in total. The number of aromatic nitrogens is 2. The molecule has 28 heavy (non-hydrogen) atoms. The summed E-state index contributed by atoms with van der Waals surface area (Å²) >= 11 is 0. The molecule has 1 aromatic heterocycles. The number of benzene rings is 1. The predicted molar refractivity (Wildman–Crippen MR) is 88.6 cm³/mol. The van der Waals surface area contributed by atoms with Crippen molar-refractivity contribution in [3.05, 3.63) is 47.3 Å². The molecule has 8 nitrogen and oxygen atoms in total. The molecule has 11 heteroatoms. The van der Waals surface area contributed by atoms with Gasteiger partial charge < -0.3 is 5.11 Å². The van der Waals surface area contributed by atoms with Crippen molar-refractivity contribution < 1.29 is 32.7 Å². The normalized spacial score (nSPS) is 14.8. The second kappa shape index (κ2) is 7.33. The lowest BCUT2D eigenvalue weighted by Gasteiger charge is -2.26. The lowest BCUT2D eigenvalue weighted by molar-refractivity contribution is -0.143. The Kier molecular flexibility index (Phi) is 5.08. The first-order chi connectivity index (χ1) is 13.2. The number of carbonyl (C=O) groups is 3. The van der Waals surface area contributed by atoms with E-state index in [0.29, 0.717) is 23.8 Å². The third-order valence-electron chi connectivity index (χ3n) is 4.20. The summed E-state index contributed by atoms with van der Waals surface area (Å²) in [6.07, 6.45) is -2.46. The van der Waals surface area contributed by atoms with Crippen LogP contribution in [0.1, 0.15) is 45.7 Å². The first-order valence-electron chi connectivity index (χ1n) is 8.29. The molecular formula is C17H15F3N4O4. The maximum absolute atomic E-state index is 13.3. The molecule has 2 amide bonds. The van der Waals surface area contributed by atoms with Crippen LogP contribution < -0.4 is 5.43 Å². The summed E-state index contributed by atoms with van der Waals surface area (Å²) in [7, 11) is 0. The number of piperidine rings is 1. The van der Waals surface area contributed by atoms with Crippen molar-refractivity contribution >= 4 is 17.8 Å². The van der Waals surface area contributed by atoms with Gasteiger partial charge in [-0.05, 0) is 37.1 Å². The molecule has 1 saturated heterocycles. The molecule has 1 aliphatic heterocycles. The summed E-state index contributed by atoms with van der Waals surface area (Å²) in [6.45, 7) is 0.392. The van der Waals surface area contributed by atoms with Crippen LogP contribution in [0.25, 0.3) is 5.69 Å². The fraction of sp³-hybridized carbons (Fsp3) is 0.294. The maximum atomic E-state index is 13.3. The van der Waals surface area contributed by atoms with Gasteiger partial charge in [0.05, 0.1) is 11.9 Å². The van der Waals surface area contributed by atoms with Crippen molar-refractivity contribution in [2.75, 3.05) is 6.54 Å². The number of amides is 2. The molecule has 1 aliphatic rings. The summed E-state index contributed by atoms with van der Waals surface area (Å²) in [5, 5.41) is 13.7. The van der Waals surface area contributed by atoms with Crippen molar-refractivity contribution in [3.63, 3.8) is 0 Å². The first-order valence-corrected chi connectivity index (χ1v) is 8.29. The van der Waals surface area contributed by atoms with E-state index in [2.05, 4.69) is 10.5 Å². The second-order valence-electron chi connectivity index (χ2n) is 6.11. The number of hydrogen-bond acceptors (Lipinski definition) is 4. The van der Waals surface area contributed by atoms with Crippen molar-refractivity contribution in [1.29, 1.82) is 0 Å². The van der Waals surface area contributed by atoms with Crippen molar-refractivity contribution in [2.24, 2.45) is 0 Å². The van der Waals surface area contributed by atoms with Gasteiger partial charge in [0.15, 0.2) is 5.69 Å². The van der Waals surface area contributed by atoms with Crippen LogP contribution in [0.5, 0.6) is 0 Å². The fourth-order valence-electron chi connectivity index (χ4n) is 2.84. The van der Waals surface area contributed by atoms with Crippen LogP contribution in [0.3, 0.4) is 0 Å². The molecule has 148 valence electrons. The van der Waals surface area contributed by atoms with E-state index in [1.54, 1.807) is 0 Å². The molecule has 2 aromatic rings. The number of halogens is 3. The largest absolute Gasteiger partial charge is 0.478 e. The van der Waals surface area contributed by atoms with Crippen LogP contribution in [0.4, 0.5) is 13.2 Å². The number of carboxylic acid groups (broad SMARTS) is 1. The minimum Gasteiger partial charge on any atom is -0.478 e. The minimum atomic E-state index is -4.94. The lowest BCUT2D eigenvalue weighted by Crippen LogP contribution is -2.48. The number of nitrogens with zero attached hydrogens (tertiary/aromatic N) is 3. The molecule has 0 aliphatic carbocycles. The van der Waals surface area contributed by atoms with Gasteiger partial charge in [-0.15, -0.1) is 0 Å². The highest BCUT2D eigenvalue weighted by atomic mass is 19.4. The topological polar surface area (TPSA) is 105 Å². The van der Waals surface area contributed by atoms with E-state index in [4.69, 9.17) is 5.11 Å². The Labute approximate surface area is 156 Å². The second-order valence-corrected chi connectivity index (χ2v) is 6.11. The fourth-order valence-corrected chi connectivity index (χ4v) is 2.84. The molecule has 0 unspecified atom stereocenters. The molecule has 0 bridgehead atoms. The third-order valence-corrected chi connectivity index (χ3v) is 4.20. The highest BCUT2D eigenvalue weighted by molar-refractivity contribution is 5.95. The summed E-state index contributed by atoms with van der Waals surface area (Å²) in [5.41, 5.74) is 0.131. The molecule has 0 atom stereocenters. The predicted octanol–water partition coefficient (Wildman–Crippen LogP) is 2.25. The Morgan fingerprint density at radius 1 is 1.14 bits per heavy atom. The lowest BCUT2D eigenvalue weighted by atomic mass is 10.1. The Morgan fingerprint density at radius 3 is 2.39 bits per heavy atom. The molecule has 0 radical (unpaired) electrons. The zero-order chi connectivity index (χ0) is 20.5. The van der Waals surface area contributed by atoms with E-state index < -0.39 is 29.3 Å². The Balaban J connectivity index is 1.84. The van der Waals surface area contributed by atoms with Crippen LogP contribution >= 0.6 is 0 Å². The van der Waals surface area contributed by atoms with Gasteiger partial charge in [0.1, 0.15) is 5.56 Å². The van der Waals surface area contributed by atoms with E-state index >= 15 is 0 Å². The molecule has 3 rings (SSSR count). The average Bonchev–Trinajstić information content (AvgIpc) is 3.09. The van der Waals surface area contributed by atoms with Gasteiger partial charge in [-0.2, -0.15) is 18.3 Å². The van der Waals surface area contributed by atoms with Gasteiger partial charge in [-0.3, -0.25) is 20.0 Å². The van der Waals surface area contributed by atoms with E-state index in [1.807, 2.05) is 0 Å². The van der Waals surface area contributed by atoms with Gasteiger partial charge in [-0.1, -0.05) is 0 Å². The number of carboxylic acids is 1. The van der Waals surface area contributed by atoms with E-state index in [1.165, 1.54) is 29.3 Å². The van der Waals surface area contributed by atoms with E-state index in [0.717, 1.165) is 12.8 Å². The van der Waals surface area contributed by atoms with Crippen LogP contribution in [0, 0.1) is 0 Å². The SMILES string of the molecule is O=C(NN1CCCCC1=O)c1ccc(-n2ncc(C(=O)O)c2C(F)(F)F)cc1. The minimum absolute atomic E-state index is 0.0644. The molecule has 1 aromatic carbocycles. The van der Waals surface area contributed by atoms with Crippen LogP contribution in [0.2, 0.25) is 0 Å². The van der Waals surface area contributed by atoms with Gasteiger partial charge >= 0.3 is 12.1 Å². The van der Waals surface area contributed by atoms with Crippen molar-refractivity contribution in [1.82, 2.24) is 20.2 Å². The molecule has 0 spiro atoms. The van der Waals surface area contributed by atoms with Crippen LogP contribution in [-0.2, 0) is 11.0 Å². The Hall–Kier alpha value is -3.37. The molecule has 1 fully saturated rings. The molecular weight excluding hydrogens is 381 g/mol. The summed E-state index contributed by atoms with van der Waals surface area (Å²) in [4.78, 5) is 35.0. The summed E-state index contributed by atoms with van der Waals surface area (Å²) in [6, 6.07) is 4.95. The van der Waals surface area contributed by atoms with Gasteiger partial charge in [0.2, 0.25) is 5.91 Å². The van der Waals surface area contributed by atoms with Crippen LogP contribution in [-0.4, -0.2) is 44.2 Å². The van der Waals surface area contributed by atoms with E-state index in [-0.39, 0.29) is 17.2 Å². The van der Waals surface area contributed by atoms with Gasteiger partial charge in [0, 0.05) is 18.5 Å². The third kappa shape index (κ3) is 3.82. The quantitative estimate of drug-likeness (QED) is 0.825. The smallest absolute Gasteiger partial charge is 0.434 e. The Morgan fingerprint density at radius 2 is 1.82 bits per heavy atom. The summed E-state index contributed by atoms with van der Waals surface area (Å²) < 4.78 is 40.3. The highest BCUT2D eigenvalue weighted by Crippen LogP contribution is 2.33. The summed E-state index contributed by atoms with van der Waals surface area (Å²) in [5.74, 6) is -2.53. The number of nitrogens with one attached hydrogen (secondary N) is 1. The van der Waals surface area contributed by atoms with Crippen molar-refractivity contribution in [3.8, 4) is 5.69 Å². The van der Waals surface area contributed by atoms with E-state index in [9.17, 15) is 27.6 Å². The maximum Gasteiger partial charge on any atom is 0.434 e. The number of aromatic carboxylic acids is 1. The molecule has 2 heterocycles. The number of rotatable bonds is 4. The number of carbonyl (C=O) groups excluding carboxylic acids is 2. The average molecular weight is 396 g/mol. The zero-order valence-corrected chi connectivity index (χ0v) is 14.4. The monoisotopic (exact) mass is 396 g/mol. The standard InChI is InChI=1S/C17H15F3N4O4/c18-17(19,20)14-12(16(27)28)9-21-24(14)11-6-4-10(5-7-11)15(26)22-23-8-2-1-3-13(23)25/h4-7,9H,1-3,8H2,(H,22,26)(H,27,28). The Bertz CT molecular complexity index is 921. The highest BCUT2D eigenvalue weighted by Gasteiger charge is 2.40. The molecule has 0 saturated carbocycles. The number of hydrazine groups is 1. The van der Waals surface area contributed by atoms with Crippen LogP contribution in [0.15, 0.2) is 30.5 Å². The number of alkyl halides is 3. The van der Waals surface area contributed by atoms with Gasteiger partial charge in [-0.25, -0.2) is 9.48 Å². The van der Waals surface area contributed by atoms with Crippen molar-refractivity contribution in [2.45, 2.75) is 25.4 Å². The first kappa shape index (κ1) is 19.4.